The lowest BCUT2D eigenvalue weighted by molar-refractivity contribution is -0.0311. The number of nitrogens with two attached hydrogens (primary N) is 1. The lowest BCUT2D eigenvalue weighted by Crippen LogP contribution is -2.53. The van der Waals surface area contributed by atoms with Gasteiger partial charge in [0, 0.05) is 18.8 Å². The summed E-state index contributed by atoms with van der Waals surface area (Å²) in [6.07, 6.45) is 6.33. The molecule has 1 spiro atoms. The van der Waals surface area contributed by atoms with Crippen LogP contribution in [0, 0.1) is 6.92 Å². The Hall–Kier alpha value is -1.76. The summed E-state index contributed by atoms with van der Waals surface area (Å²) in [5, 5.41) is 18.2. The highest BCUT2D eigenvalue weighted by molar-refractivity contribution is 7.90. The first-order valence-electron chi connectivity index (χ1n) is 10.9. The molecule has 0 bridgehead atoms. The molecule has 1 aliphatic carbocycles. The first-order chi connectivity index (χ1) is 15.3. The number of nitrogens with one attached hydrogen (secondary N) is 1. The Kier molecular flexibility index (Phi) is 6.26. The Morgan fingerprint density at radius 2 is 1.91 bits per heavy atom. The second-order valence-electron chi connectivity index (χ2n) is 9.38. The van der Waals surface area contributed by atoms with Crippen LogP contribution < -0.4 is 10.5 Å². The summed E-state index contributed by atoms with van der Waals surface area (Å²) in [5.74, 6) is 0. The fourth-order valence-corrected chi connectivity index (χ4v) is 7.57. The fraction of sp³-hybridized carbons (Fsp3) is 0.545. The monoisotopic (exact) mass is 497 g/mol. The predicted molar refractivity (Wildman–Crippen MR) is 124 cm³/mol. The number of benzene rings is 1. The van der Waals surface area contributed by atoms with Gasteiger partial charge in [-0.2, -0.15) is 4.31 Å². The quantitative estimate of drug-likeness (QED) is 0.546. The second kappa shape index (κ2) is 8.47. The van der Waals surface area contributed by atoms with E-state index in [1.54, 1.807) is 30.4 Å². The van der Waals surface area contributed by atoms with E-state index in [9.17, 15) is 21.9 Å². The third-order valence-electron chi connectivity index (χ3n) is 6.83. The molecule has 0 amide bonds. The van der Waals surface area contributed by atoms with Gasteiger partial charge in [0.2, 0.25) is 20.0 Å². The summed E-state index contributed by atoms with van der Waals surface area (Å²) in [6, 6.07) is 6.76. The summed E-state index contributed by atoms with van der Waals surface area (Å²) in [6.45, 7) is 4.38. The Morgan fingerprint density at radius 1 is 1.21 bits per heavy atom. The number of hydrogen-bond donors (Lipinski definition) is 3. The van der Waals surface area contributed by atoms with E-state index in [4.69, 9.17) is 9.88 Å². The summed E-state index contributed by atoms with van der Waals surface area (Å²) >= 11 is 0. The molecule has 4 rings (SSSR count). The van der Waals surface area contributed by atoms with Gasteiger partial charge in [-0.1, -0.05) is 24.3 Å². The molecular formula is C22H31N3O6S2. The highest BCUT2D eigenvalue weighted by atomic mass is 32.2. The lowest BCUT2D eigenvalue weighted by Gasteiger charge is -2.38. The van der Waals surface area contributed by atoms with Crippen molar-refractivity contribution in [3.63, 3.8) is 0 Å². The number of rotatable bonds is 5. The van der Waals surface area contributed by atoms with Gasteiger partial charge in [0.15, 0.2) is 0 Å². The predicted octanol–water partition coefficient (Wildman–Crippen LogP) is 0.759. The van der Waals surface area contributed by atoms with Gasteiger partial charge < -0.3 is 15.2 Å². The molecule has 9 nitrogen and oxygen atoms in total. The van der Waals surface area contributed by atoms with Crippen LogP contribution in [-0.4, -0.2) is 68.4 Å². The third kappa shape index (κ3) is 4.75. The Morgan fingerprint density at radius 3 is 2.55 bits per heavy atom. The van der Waals surface area contributed by atoms with E-state index in [0.29, 0.717) is 49.6 Å². The summed E-state index contributed by atoms with van der Waals surface area (Å²) in [5.41, 5.74) is -0.880. The van der Waals surface area contributed by atoms with Crippen molar-refractivity contribution in [2.24, 2.45) is 5.14 Å². The van der Waals surface area contributed by atoms with Crippen LogP contribution in [-0.2, 0) is 24.8 Å². The average molecular weight is 498 g/mol. The van der Waals surface area contributed by atoms with Crippen molar-refractivity contribution >= 4 is 20.0 Å². The van der Waals surface area contributed by atoms with Crippen molar-refractivity contribution in [2.75, 3.05) is 19.7 Å². The number of hydrogen-bond acceptors (Lipinski definition) is 7. The number of primary sulfonamides is 1. The van der Waals surface area contributed by atoms with E-state index >= 15 is 0 Å². The molecule has 1 aromatic carbocycles. The first kappa shape index (κ1) is 24.4. The molecule has 33 heavy (non-hydrogen) atoms. The number of aryl methyl sites for hydroxylation is 1. The van der Waals surface area contributed by atoms with Crippen LogP contribution >= 0.6 is 0 Å². The van der Waals surface area contributed by atoms with Gasteiger partial charge in [0.1, 0.15) is 10.9 Å². The third-order valence-corrected chi connectivity index (χ3v) is 10.1. The molecule has 3 aliphatic rings. The normalized spacial score (nSPS) is 30.4. The number of sulfonamides is 2. The number of allylic oxidation sites excluding steroid dienone is 2. The summed E-state index contributed by atoms with van der Waals surface area (Å²) in [4.78, 5) is 0.300. The molecule has 1 aromatic rings. The van der Waals surface area contributed by atoms with E-state index < -0.39 is 36.5 Å². The van der Waals surface area contributed by atoms with Crippen LogP contribution in [0.4, 0.5) is 0 Å². The molecule has 2 heterocycles. The minimum Gasteiger partial charge on any atom is -0.382 e. The van der Waals surface area contributed by atoms with Gasteiger partial charge in [-0.15, -0.1) is 0 Å². The van der Waals surface area contributed by atoms with Crippen molar-refractivity contribution in [3.8, 4) is 0 Å². The van der Waals surface area contributed by atoms with Gasteiger partial charge in [-0.05, 0) is 56.9 Å². The van der Waals surface area contributed by atoms with Crippen LogP contribution in [0.25, 0.3) is 0 Å². The topological polar surface area (TPSA) is 139 Å². The Labute approximate surface area is 195 Å². The highest BCUT2D eigenvalue weighted by Crippen LogP contribution is 2.38. The molecule has 182 valence electrons. The number of nitrogens with zero attached hydrogens (tertiary/aromatic N) is 1. The number of piperidine rings is 1. The summed E-state index contributed by atoms with van der Waals surface area (Å²) in [7, 11) is -7.54. The van der Waals surface area contributed by atoms with Gasteiger partial charge in [-0.3, -0.25) is 0 Å². The van der Waals surface area contributed by atoms with Gasteiger partial charge in [-0.25, -0.2) is 22.0 Å². The Bertz CT molecular complexity index is 1180. The molecule has 3 atom stereocenters. The van der Waals surface area contributed by atoms with Crippen molar-refractivity contribution in [1.82, 2.24) is 9.62 Å². The molecule has 4 N–H and O–H groups in total. The zero-order chi connectivity index (χ0) is 24.1. The zero-order valence-corrected chi connectivity index (χ0v) is 20.4. The van der Waals surface area contributed by atoms with Crippen LogP contribution in [0.3, 0.4) is 0 Å². The van der Waals surface area contributed by atoms with E-state index in [-0.39, 0.29) is 6.04 Å². The first-order valence-corrected chi connectivity index (χ1v) is 14.0. The SMILES string of the molecule is Cc1cccc(S(=O)(=O)N2CCC3(CC2)CC(NC2=CC=CC(S(N)(=O)=O)[C@@]2(C)O)CO3)c1. The standard InChI is InChI=1S/C22H31N3O6S2/c1-16-5-3-6-18(13-16)33(29,30)25-11-9-22(10-12-25)14-17(15-31-22)24-19-7-4-8-20(21(19,2)26)32(23,27)28/h3-8,13,17,20,24,26H,9-12,14-15H2,1-2H3,(H2,23,27,28)/t17?,20?,21-/m0/s1. The molecule has 0 aromatic heterocycles. The number of aliphatic hydroxyl groups is 1. The van der Waals surface area contributed by atoms with Gasteiger partial charge in [0.25, 0.3) is 0 Å². The number of ether oxygens (including phenoxy) is 1. The maximum absolute atomic E-state index is 13.0. The summed E-state index contributed by atoms with van der Waals surface area (Å²) < 4.78 is 57.5. The van der Waals surface area contributed by atoms with Crippen molar-refractivity contribution < 1.29 is 26.7 Å². The maximum atomic E-state index is 13.0. The highest BCUT2D eigenvalue weighted by Gasteiger charge is 2.47. The van der Waals surface area contributed by atoms with Crippen molar-refractivity contribution in [2.45, 2.75) is 60.5 Å². The van der Waals surface area contributed by atoms with Gasteiger partial charge in [0.05, 0.1) is 23.1 Å². The van der Waals surface area contributed by atoms with Crippen LogP contribution in [0.5, 0.6) is 0 Å². The maximum Gasteiger partial charge on any atom is 0.243 e. The molecule has 0 radical (unpaired) electrons. The molecule has 2 saturated heterocycles. The van der Waals surface area contributed by atoms with E-state index in [1.165, 1.54) is 17.3 Å². The van der Waals surface area contributed by atoms with Gasteiger partial charge >= 0.3 is 0 Å². The minimum atomic E-state index is -3.98. The molecule has 0 saturated carbocycles. The Balaban J connectivity index is 1.40. The van der Waals surface area contributed by atoms with E-state index in [0.717, 1.165) is 5.56 Å². The molecule has 11 heteroatoms. The smallest absolute Gasteiger partial charge is 0.243 e. The largest absolute Gasteiger partial charge is 0.382 e. The molecule has 2 aliphatic heterocycles. The van der Waals surface area contributed by atoms with E-state index in [1.807, 2.05) is 13.0 Å². The minimum absolute atomic E-state index is 0.143. The molecule has 2 unspecified atom stereocenters. The van der Waals surface area contributed by atoms with E-state index in [2.05, 4.69) is 5.32 Å². The average Bonchev–Trinajstić information content (AvgIpc) is 3.11. The van der Waals surface area contributed by atoms with Crippen LogP contribution in [0.2, 0.25) is 0 Å². The lowest BCUT2D eigenvalue weighted by atomic mass is 9.87. The van der Waals surface area contributed by atoms with Crippen molar-refractivity contribution in [3.05, 3.63) is 53.8 Å². The van der Waals surface area contributed by atoms with Crippen molar-refractivity contribution in [1.29, 1.82) is 0 Å². The molecule has 2 fully saturated rings. The van der Waals surface area contributed by atoms with Crippen LogP contribution in [0.1, 0.15) is 31.7 Å². The second-order valence-corrected chi connectivity index (χ2v) is 13.0. The molecular weight excluding hydrogens is 466 g/mol. The fourth-order valence-electron chi connectivity index (χ4n) is 4.95. The van der Waals surface area contributed by atoms with Crippen LogP contribution in [0.15, 0.2) is 53.1 Å². The zero-order valence-electron chi connectivity index (χ0n) is 18.8.